The van der Waals surface area contributed by atoms with E-state index in [1.165, 1.54) is 5.69 Å². The summed E-state index contributed by atoms with van der Waals surface area (Å²) in [5, 5.41) is 8.75. The van der Waals surface area contributed by atoms with Crippen LogP contribution >= 0.6 is 0 Å². The summed E-state index contributed by atoms with van der Waals surface area (Å²) < 4.78 is 7.09. The molecule has 0 N–H and O–H groups in total. The smallest absolute Gasteiger partial charge is 0.184 e. The molecule has 1 aliphatic rings. The standard InChI is InChI=1S/C22H23N7O/c1-30-19-9-7-18(8-10-19)27-11-13-28(14-12-27)21-20-22(24-16-23-21)29(26-25-20)15-17-5-3-2-4-6-17/h2-10,16H,11-15H2,1H3. The van der Waals surface area contributed by atoms with Gasteiger partial charge in [0.15, 0.2) is 17.0 Å². The van der Waals surface area contributed by atoms with E-state index in [2.05, 4.69) is 54.3 Å². The summed E-state index contributed by atoms with van der Waals surface area (Å²) >= 11 is 0. The molecule has 0 saturated carbocycles. The number of hydrogen-bond acceptors (Lipinski definition) is 7. The van der Waals surface area contributed by atoms with Crippen molar-refractivity contribution < 1.29 is 4.74 Å². The molecule has 0 amide bonds. The summed E-state index contributed by atoms with van der Waals surface area (Å²) in [6.45, 7) is 4.19. The number of ether oxygens (including phenoxy) is 1. The minimum Gasteiger partial charge on any atom is -0.497 e. The average Bonchev–Trinajstić information content (AvgIpc) is 3.23. The van der Waals surface area contributed by atoms with Crippen LogP contribution in [0.1, 0.15) is 5.56 Å². The predicted octanol–water partition coefficient (Wildman–Crippen LogP) is 2.60. The molecule has 2 aromatic heterocycles. The van der Waals surface area contributed by atoms with Crippen molar-refractivity contribution in [2.24, 2.45) is 0 Å². The SMILES string of the molecule is COc1ccc(N2CCN(c3ncnc4c3nnn4Cc3ccccc3)CC2)cc1. The Kier molecular flexibility index (Phi) is 4.88. The summed E-state index contributed by atoms with van der Waals surface area (Å²) in [5.74, 6) is 1.73. The normalized spacial score (nSPS) is 14.3. The van der Waals surface area contributed by atoms with Crippen LogP contribution in [0.3, 0.4) is 0 Å². The molecule has 0 aliphatic carbocycles. The minimum absolute atomic E-state index is 0.638. The van der Waals surface area contributed by atoms with Crippen molar-refractivity contribution in [3.8, 4) is 5.75 Å². The Bertz CT molecular complexity index is 1120. The zero-order valence-corrected chi connectivity index (χ0v) is 16.8. The van der Waals surface area contributed by atoms with E-state index in [1.807, 2.05) is 35.0 Å². The van der Waals surface area contributed by atoms with Crippen LogP contribution in [0.5, 0.6) is 5.75 Å². The lowest BCUT2D eigenvalue weighted by atomic mass is 10.2. The number of methoxy groups -OCH3 is 1. The molecular formula is C22H23N7O. The van der Waals surface area contributed by atoms with E-state index in [1.54, 1.807) is 13.4 Å². The molecule has 3 heterocycles. The average molecular weight is 401 g/mol. The van der Waals surface area contributed by atoms with Gasteiger partial charge in [0.25, 0.3) is 0 Å². The number of anilines is 2. The van der Waals surface area contributed by atoms with Crippen LogP contribution in [0.2, 0.25) is 0 Å². The molecule has 4 aromatic rings. The van der Waals surface area contributed by atoms with E-state index in [9.17, 15) is 0 Å². The molecule has 0 spiro atoms. The first kappa shape index (κ1) is 18.4. The highest BCUT2D eigenvalue weighted by molar-refractivity contribution is 5.82. The van der Waals surface area contributed by atoms with Gasteiger partial charge in [-0.1, -0.05) is 35.5 Å². The van der Waals surface area contributed by atoms with Crippen molar-refractivity contribution >= 4 is 22.7 Å². The molecule has 1 saturated heterocycles. The summed E-state index contributed by atoms with van der Waals surface area (Å²) in [6.07, 6.45) is 1.61. The Morgan fingerprint density at radius 1 is 0.867 bits per heavy atom. The highest BCUT2D eigenvalue weighted by atomic mass is 16.5. The monoisotopic (exact) mass is 401 g/mol. The second kappa shape index (κ2) is 7.98. The van der Waals surface area contributed by atoms with Gasteiger partial charge < -0.3 is 14.5 Å². The minimum atomic E-state index is 0.638. The number of aromatic nitrogens is 5. The molecule has 1 fully saturated rings. The van der Waals surface area contributed by atoms with Gasteiger partial charge in [0.1, 0.15) is 12.1 Å². The van der Waals surface area contributed by atoms with Crippen molar-refractivity contribution in [1.29, 1.82) is 0 Å². The van der Waals surface area contributed by atoms with E-state index in [0.717, 1.165) is 54.5 Å². The van der Waals surface area contributed by atoms with Crippen LogP contribution in [-0.2, 0) is 6.54 Å². The number of benzene rings is 2. The first-order valence-corrected chi connectivity index (χ1v) is 10.0. The summed E-state index contributed by atoms with van der Waals surface area (Å²) in [6, 6.07) is 18.4. The van der Waals surface area contributed by atoms with Crippen LogP contribution in [0.15, 0.2) is 60.9 Å². The Labute approximate surface area is 174 Å². The van der Waals surface area contributed by atoms with Gasteiger partial charge in [0.2, 0.25) is 0 Å². The molecule has 8 heteroatoms. The maximum atomic E-state index is 5.26. The topological polar surface area (TPSA) is 72.2 Å². The third kappa shape index (κ3) is 3.52. The van der Waals surface area contributed by atoms with Crippen molar-refractivity contribution in [3.05, 3.63) is 66.5 Å². The largest absolute Gasteiger partial charge is 0.497 e. The van der Waals surface area contributed by atoms with Crippen molar-refractivity contribution in [2.75, 3.05) is 43.1 Å². The lowest BCUT2D eigenvalue weighted by molar-refractivity contribution is 0.415. The molecule has 0 unspecified atom stereocenters. The van der Waals surface area contributed by atoms with E-state index in [-0.39, 0.29) is 0 Å². The van der Waals surface area contributed by atoms with Gasteiger partial charge in [0, 0.05) is 31.9 Å². The molecular weight excluding hydrogens is 378 g/mol. The van der Waals surface area contributed by atoms with E-state index in [0.29, 0.717) is 6.54 Å². The van der Waals surface area contributed by atoms with Crippen LogP contribution in [0.25, 0.3) is 11.2 Å². The number of nitrogens with zero attached hydrogens (tertiary/aromatic N) is 7. The highest BCUT2D eigenvalue weighted by Gasteiger charge is 2.22. The Morgan fingerprint density at radius 2 is 1.60 bits per heavy atom. The van der Waals surface area contributed by atoms with E-state index in [4.69, 9.17) is 4.74 Å². The number of piperazine rings is 1. The van der Waals surface area contributed by atoms with Gasteiger partial charge in [-0.2, -0.15) is 0 Å². The van der Waals surface area contributed by atoms with Crippen LogP contribution < -0.4 is 14.5 Å². The molecule has 30 heavy (non-hydrogen) atoms. The second-order valence-electron chi connectivity index (χ2n) is 7.27. The van der Waals surface area contributed by atoms with E-state index < -0.39 is 0 Å². The lowest BCUT2D eigenvalue weighted by Crippen LogP contribution is -2.47. The molecule has 2 aromatic carbocycles. The third-order valence-electron chi connectivity index (χ3n) is 5.47. The number of fused-ring (bicyclic) bond motifs is 1. The molecule has 5 rings (SSSR count). The first-order valence-electron chi connectivity index (χ1n) is 10.0. The first-order chi connectivity index (χ1) is 14.8. The summed E-state index contributed by atoms with van der Waals surface area (Å²) in [4.78, 5) is 13.6. The van der Waals surface area contributed by atoms with Crippen LogP contribution in [-0.4, -0.2) is 58.3 Å². The molecule has 152 valence electrons. The zero-order chi connectivity index (χ0) is 20.3. The highest BCUT2D eigenvalue weighted by Crippen LogP contribution is 2.25. The van der Waals surface area contributed by atoms with Gasteiger partial charge >= 0.3 is 0 Å². The quantitative estimate of drug-likeness (QED) is 0.509. The van der Waals surface area contributed by atoms with Gasteiger partial charge in [-0.05, 0) is 29.8 Å². The third-order valence-corrected chi connectivity index (χ3v) is 5.47. The van der Waals surface area contributed by atoms with Gasteiger partial charge in [-0.3, -0.25) is 0 Å². The van der Waals surface area contributed by atoms with Crippen molar-refractivity contribution in [1.82, 2.24) is 25.0 Å². The summed E-state index contributed by atoms with van der Waals surface area (Å²) in [7, 11) is 1.69. The lowest BCUT2D eigenvalue weighted by Gasteiger charge is -2.36. The van der Waals surface area contributed by atoms with Gasteiger partial charge in [-0.15, -0.1) is 5.10 Å². The van der Waals surface area contributed by atoms with Crippen LogP contribution in [0.4, 0.5) is 11.5 Å². The molecule has 0 bridgehead atoms. The number of rotatable bonds is 5. The Hall–Kier alpha value is -3.68. The maximum absolute atomic E-state index is 5.26. The Balaban J connectivity index is 1.33. The number of hydrogen-bond donors (Lipinski definition) is 0. The fourth-order valence-electron chi connectivity index (χ4n) is 3.84. The molecule has 0 radical (unpaired) electrons. The van der Waals surface area contributed by atoms with Crippen molar-refractivity contribution in [2.45, 2.75) is 6.54 Å². The van der Waals surface area contributed by atoms with Gasteiger partial charge in [-0.25, -0.2) is 14.6 Å². The van der Waals surface area contributed by atoms with Crippen molar-refractivity contribution in [3.63, 3.8) is 0 Å². The fraction of sp³-hybridized carbons (Fsp3) is 0.273. The fourth-order valence-corrected chi connectivity index (χ4v) is 3.84. The predicted molar refractivity (Wildman–Crippen MR) is 116 cm³/mol. The second-order valence-corrected chi connectivity index (χ2v) is 7.27. The Morgan fingerprint density at radius 3 is 2.33 bits per heavy atom. The summed E-state index contributed by atoms with van der Waals surface area (Å²) in [5.41, 5.74) is 3.89. The molecule has 1 aliphatic heterocycles. The zero-order valence-electron chi connectivity index (χ0n) is 16.8. The van der Waals surface area contributed by atoms with Crippen LogP contribution in [0, 0.1) is 0 Å². The molecule has 0 atom stereocenters. The maximum Gasteiger partial charge on any atom is 0.184 e. The van der Waals surface area contributed by atoms with Gasteiger partial charge in [0.05, 0.1) is 13.7 Å². The van der Waals surface area contributed by atoms with E-state index >= 15 is 0 Å². The molecule has 8 nitrogen and oxygen atoms in total.